The quantitative estimate of drug-likeness (QED) is 0.846. The van der Waals surface area contributed by atoms with Crippen LogP contribution in [0, 0.1) is 0 Å². The monoisotopic (exact) mass is 354 g/mol. The van der Waals surface area contributed by atoms with Crippen LogP contribution in [0.15, 0.2) is 23.1 Å². The Bertz CT molecular complexity index is 724. The van der Waals surface area contributed by atoms with Crippen molar-refractivity contribution in [1.82, 2.24) is 10.2 Å². The molecule has 2 amide bonds. The molecule has 1 fully saturated rings. The highest BCUT2D eigenvalue weighted by Crippen LogP contribution is 2.24. The van der Waals surface area contributed by atoms with Crippen molar-refractivity contribution in [3.63, 3.8) is 0 Å². The first kappa shape index (κ1) is 18.3. The normalized spacial score (nSPS) is 15.0. The Morgan fingerprint density at radius 3 is 2.46 bits per heavy atom. The first-order chi connectivity index (χ1) is 11.3. The van der Waals surface area contributed by atoms with Gasteiger partial charge in [-0.3, -0.25) is 9.59 Å². The molecule has 0 spiro atoms. The van der Waals surface area contributed by atoms with Crippen LogP contribution < -0.4 is 10.1 Å². The lowest BCUT2D eigenvalue weighted by Crippen LogP contribution is -2.42. The van der Waals surface area contributed by atoms with Gasteiger partial charge in [-0.2, -0.15) is 0 Å². The van der Waals surface area contributed by atoms with Gasteiger partial charge in [0.15, 0.2) is 9.84 Å². The van der Waals surface area contributed by atoms with E-state index in [1.54, 1.807) is 4.90 Å². The van der Waals surface area contributed by atoms with Crippen LogP contribution in [0.2, 0.25) is 0 Å². The fourth-order valence-corrected chi connectivity index (χ4v) is 3.48. The number of carbonyl (C=O) groups excluding carboxylic acids is 2. The number of rotatable bonds is 5. The second-order valence-corrected chi connectivity index (χ2v) is 7.75. The standard InChI is InChI=1S/C16H22N2O5S/c1-23-13-7-6-12(10-14(13)24(2,21)22)16(20)17-11-15(19)18-8-4-3-5-9-18/h6-7,10H,3-5,8-9,11H2,1-2H3,(H,17,20). The molecular weight excluding hydrogens is 332 g/mol. The highest BCUT2D eigenvalue weighted by molar-refractivity contribution is 7.90. The molecule has 0 aromatic heterocycles. The number of amides is 2. The molecule has 0 aliphatic carbocycles. The SMILES string of the molecule is COc1ccc(C(=O)NCC(=O)N2CCCCC2)cc1S(C)(=O)=O. The number of likely N-dealkylation sites (tertiary alicyclic amines) is 1. The van der Waals surface area contributed by atoms with Crippen LogP contribution in [0.3, 0.4) is 0 Å². The summed E-state index contributed by atoms with van der Waals surface area (Å²) in [7, 11) is -2.17. The lowest BCUT2D eigenvalue weighted by atomic mass is 10.1. The molecule has 0 radical (unpaired) electrons. The first-order valence-corrected chi connectivity index (χ1v) is 9.66. The number of carbonyl (C=O) groups is 2. The number of ether oxygens (including phenoxy) is 1. The topological polar surface area (TPSA) is 92.8 Å². The largest absolute Gasteiger partial charge is 0.495 e. The van der Waals surface area contributed by atoms with Crippen LogP contribution in [0.1, 0.15) is 29.6 Å². The van der Waals surface area contributed by atoms with Crippen LogP contribution in [-0.2, 0) is 14.6 Å². The van der Waals surface area contributed by atoms with Crippen molar-refractivity contribution in [2.24, 2.45) is 0 Å². The Hall–Kier alpha value is -2.09. The first-order valence-electron chi connectivity index (χ1n) is 7.77. The van der Waals surface area contributed by atoms with E-state index in [1.165, 1.54) is 25.3 Å². The van der Waals surface area contributed by atoms with Gasteiger partial charge in [-0.1, -0.05) is 0 Å². The maximum Gasteiger partial charge on any atom is 0.251 e. The van der Waals surface area contributed by atoms with Crippen molar-refractivity contribution in [3.05, 3.63) is 23.8 Å². The molecule has 0 unspecified atom stereocenters. The summed E-state index contributed by atoms with van der Waals surface area (Å²) in [5, 5.41) is 2.55. The molecule has 132 valence electrons. The molecule has 2 rings (SSSR count). The molecule has 0 bridgehead atoms. The third kappa shape index (κ3) is 4.47. The number of piperidine rings is 1. The summed E-state index contributed by atoms with van der Waals surface area (Å²) in [5.74, 6) is -0.439. The summed E-state index contributed by atoms with van der Waals surface area (Å²) >= 11 is 0. The Balaban J connectivity index is 2.05. The highest BCUT2D eigenvalue weighted by Gasteiger charge is 2.20. The number of hydrogen-bond donors (Lipinski definition) is 1. The summed E-state index contributed by atoms with van der Waals surface area (Å²) in [4.78, 5) is 25.9. The number of sulfone groups is 1. The molecule has 1 aliphatic rings. The van der Waals surface area contributed by atoms with Gasteiger partial charge < -0.3 is 15.0 Å². The molecule has 8 heteroatoms. The second kappa shape index (κ2) is 7.65. The molecule has 1 N–H and O–H groups in total. The predicted octanol–water partition coefficient (Wildman–Crippen LogP) is 0.841. The molecule has 1 aromatic carbocycles. The van der Waals surface area contributed by atoms with Crippen LogP contribution in [0.5, 0.6) is 5.75 Å². The molecule has 7 nitrogen and oxygen atoms in total. The lowest BCUT2D eigenvalue weighted by Gasteiger charge is -2.26. The van der Waals surface area contributed by atoms with Gasteiger partial charge >= 0.3 is 0 Å². The van der Waals surface area contributed by atoms with E-state index in [-0.39, 0.29) is 28.7 Å². The summed E-state index contributed by atoms with van der Waals surface area (Å²) in [5.41, 5.74) is 0.169. The van der Waals surface area contributed by atoms with Gasteiger partial charge in [-0.25, -0.2) is 8.42 Å². The summed E-state index contributed by atoms with van der Waals surface area (Å²) in [6.07, 6.45) is 4.13. The van der Waals surface area contributed by atoms with Crippen LogP contribution in [0.25, 0.3) is 0 Å². The third-order valence-corrected chi connectivity index (χ3v) is 5.05. The van der Waals surface area contributed by atoms with Gasteiger partial charge in [0.05, 0.1) is 13.7 Å². The summed E-state index contributed by atoms with van der Waals surface area (Å²) in [6.45, 7) is 1.34. The van der Waals surface area contributed by atoms with E-state index in [1.807, 2.05) is 0 Å². The second-order valence-electron chi connectivity index (χ2n) is 5.76. The van der Waals surface area contributed by atoms with E-state index in [9.17, 15) is 18.0 Å². The van der Waals surface area contributed by atoms with Gasteiger partial charge in [0.25, 0.3) is 5.91 Å². The molecular formula is C16H22N2O5S. The number of hydrogen-bond acceptors (Lipinski definition) is 5. The van der Waals surface area contributed by atoms with Gasteiger partial charge in [-0.15, -0.1) is 0 Å². The summed E-state index contributed by atoms with van der Waals surface area (Å²) < 4.78 is 28.6. The van der Waals surface area contributed by atoms with Crippen LogP contribution in [-0.4, -0.2) is 58.1 Å². The fourth-order valence-electron chi connectivity index (χ4n) is 2.62. The van der Waals surface area contributed by atoms with E-state index < -0.39 is 15.7 Å². The zero-order valence-corrected chi connectivity index (χ0v) is 14.7. The minimum Gasteiger partial charge on any atom is -0.495 e. The maximum atomic E-state index is 12.2. The number of methoxy groups -OCH3 is 1. The van der Waals surface area contributed by atoms with E-state index in [4.69, 9.17) is 4.74 Å². The Labute approximate surface area is 141 Å². The third-order valence-electron chi connectivity index (χ3n) is 3.93. The highest BCUT2D eigenvalue weighted by atomic mass is 32.2. The molecule has 0 saturated carbocycles. The van der Waals surface area contributed by atoms with Crippen molar-refractivity contribution in [2.45, 2.75) is 24.2 Å². The average molecular weight is 354 g/mol. The smallest absolute Gasteiger partial charge is 0.251 e. The van der Waals surface area contributed by atoms with Crippen molar-refractivity contribution in [2.75, 3.05) is 33.0 Å². The average Bonchev–Trinajstić information content (AvgIpc) is 2.58. The number of benzene rings is 1. The van der Waals surface area contributed by atoms with Crippen LogP contribution in [0.4, 0.5) is 0 Å². The molecule has 1 aromatic rings. The van der Waals surface area contributed by atoms with Gasteiger partial charge in [-0.05, 0) is 37.5 Å². The van der Waals surface area contributed by atoms with E-state index in [0.29, 0.717) is 0 Å². The van der Waals surface area contributed by atoms with Crippen molar-refractivity contribution >= 4 is 21.7 Å². The Morgan fingerprint density at radius 1 is 1.21 bits per heavy atom. The zero-order valence-electron chi connectivity index (χ0n) is 13.9. The Kier molecular flexibility index (Phi) is 5.82. The number of nitrogens with one attached hydrogen (secondary N) is 1. The van der Waals surface area contributed by atoms with Gasteiger partial charge in [0.1, 0.15) is 10.6 Å². The maximum absolute atomic E-state index is 12.2. The fraction of sp³-hybridized carbons (Fsp3) is 0.500. The predicted molar refractivity (Wildman–Crippen MR) is 88.9 cm³/mol. The molecule has 1 saturated heterocycles. The van der Waals surface area contributed by atoms with Gasteiger partial charge in [0, 0.05) is 24.9 Å². The van der Waals surface area contributed by atoms with Crippen molar-refractivity contribution in [3.8, 4) is 5.75 Å². The molecule has 1 aliphatic heterocycles. The number of nitrogens with zero attached hydrogens (tertiary/aromatic N) is 1. The minimum atomic E-state index is -3.53. The van der Waals surface area contributed by atoms with E-state index >= 15 is 0 Å². The Morgan fingerprint density at radius 2 is 1.88 bits per heavy atom. The molecule has 1 heterocycles. The summed E-state index contributed by atoms with van der Waals surface area (Å²) in [6, 6.07) is 4.15. The van der Waals surface area contributed by atoms with Crippen LogP contribution >= 0.6 is 0 Å². The molecule has 0 atom stereocenters. The minimum absolute atomic E-state index is 0.0555. The zero-order chi connectivity index (χ0) is 17.7. The van der Waals surface area contributed by atoms with E-state index in [0.717, 1.165) is 38.6 Å². The van der Waals surface area contributed by atoms with Crippen molar-refractivity contribution in [1.29, 1.82) is 0 Å². The molecule has 24 heavy (non-hydrogen) atoms. The van der Waals surface area contributed by atoms with Crippen molar-refractivity contribution < 1.29 is 22.7 Å². The lowest BCUT2D eigenvalue weighted by molar-refractivity contribution is -0.130. The van der Waals surface area contributed by atoms with E-state index in [2.05, 4.69) is 5.32 Å². The van der Waals surface area contributed by atoms with Gasteiger partial charge in [0.2, 0.25) is 5.91 Å².